The summed E-state index contributed by atoms with van der Waals surface area (Å²) in [5.41, 5.74) is 7.83. The average Bonchev–Trinajstić information content (AvgIpc) is 2.31. The summed E-state index contributed by atoms with van der Waals surface area (Å²) >= 11 is 0. The smallest absolute Gasteiger partial charge is 0.142 e. The van der Waals surface area contributed by atoms with E-state index < -0.39 is 0 Å². The van der Waals surface area contributed by atoms with Crippen molar-refractivity contribution in [2.45, 2.75) is 20.4 Å². The zero-order chi connectivity index (χ0) is 11.3. The fourth-order valence-corrected chi connectivity index (χ4v) is 1.67. The van der Waals surface area contributed by atoms with Crippen molar-refractivity contribution in [3.8, 4) is 5.75 Å². The number of methoxy groups -OCH3 is 1. The lowest BCUT2D eigenvalue weighted by Gasteiger charge is -2.23. The van der Waals surface area contributed by atoms with Crippen LogP contribution in [0.25, 0.3) is 0 Å². The van der Waals surface area contributed by atoms with Gasteiger partial charge in [-0.2, -0.15) is 0 Å². The largest absolute Gasteiger partial charge is 0.495 e. The normalized spacial score (nSPS) is 10.1. The van der Waals surface area contributed by atoms with Crippen molar-refractivity contribution >= 4 is 5.69 Å². The van der Waals surface area contributed by atoms with Gasteiger partial charge in [-0.25, -0.2) is 0 Å². The van der Waals surface area contributed by atoms with Crippen LogP contribution >= 0.6 is 0 Å². The molecule has 0 aromatic heterocycles. The van der Waals surface area contributed by atoms with Crippen molar-refractivity contribution in [1.82, 2.24) is 0 Å². The number of nitrogens with zero attached hydrogens (tertiary/aromatic N) is 1. The standard InChI is InChI=1S/C12H20N2O/c1-4-14(5-2)11-7-6-10(9-13)8-12(11)15-3/h6-8H,4-5,9,13H2,1-3H3. The number of hydrogen-bond donors (Lipinski definition) is 1. The van der Waals surface area contributed by atoms with Crippen molar-refractivity contribution in [2.24, 2.45) is 5.73 Å². The molecular formula is C12H20N2O. The molecule has 0 aliphatic heterocycles. The molecule has 1 aromatic carbocycles. The van der Waals surface area contributed by atoms with E-state index in [1.54, 1.807) is 7.11 Å². The van der Waals surface area contributed by atoms with E-state index in [9.17, 15) is 0 Å². The minimum atomic E-state index is 0.550. The summed E-state index contributed by atoms with van der Waals surface area (Å²) in [6.07, 6.45) is 0. The first-order valence-electron chi connectivity index (χ1n) is 5.38. The fraction of sp³-hybridized carbons (Fsp3) is 0.500. The second-order valence-electron chi connectivity index (χ2n) is 3.38. The van der Waals surface area contributed by atoms with Gasteiger partial charge in [-0.05, 0) is 31.5 Å². The molecule has 1 aromatic rings. The molecule has 0 aliphatic carbocycles. The summed E-state index contributed by atoms with van der Waals surface area (Å²) in [7, 11) is 1.70. The van der Waals surface area contributed by atoms with E-state index in [2.05, 4.69) is 30.9 Å². The van der Waals surface area contributed by atoms with Crippen molar-refractivity contribution < 1.29 is 4.74 Å². The maximum atomic E-state index is 5.60. The predicted molar refractivity (Wildman–Crippen MR) is 64.4 cm³/mol. The van der Waals surface area contributed by atoms with Crippen molar-refractivity contribution in [1.29, 1.82) is 0 Å². The van der Waals surface area contributed by atoms with Gasteiger partial charge in [0.2, 0.25) is 0 Å². The number of nitrogens with two attached hydrogens (primary N) is 1. The number of hydrogen-bond acceptors (Lipinski definition) is 3. The molecule has 0 spiro atoms. The Morgan fingerprint density at radius 1 is 1.27 bits per heavy atom. The monoisotopic (exact) mass is 208 g/mol. The van der Waals surface area contributed by atoms with Gasteiger partial charge < -0.3 is 15.4 Å². The van der Waals surface area contributed by atoms with E-state index in [-0.39, 0.29) is 0 Å². The zero-order valence-electron chi connectivity index (χ0n) is 9.79. The molecule has 3 heteroatoms. The fourth-order valence-electron chi connectivity index (χ4n) is 1.67. The number of ether oxygens (including phenoxy) is 1. The van der Waals surface area contributed by atoms with Crippen LogP contribution in [0, 0.1) is 0 Å². The molecule has 0 radical (unpaired) electrons. The lowest BCUT2D eigenvalue weighted by Crippen LogP contribution is -2.22. The Kier molecular flexibility index (Phi) is 4.43. The first-order chi connectivity index (χ1) is 7.26. The maximum Gasteiger partial charge on any atom is 0.142 e. The van der Waals surface area contributed by atoms with Crippen LogP contribution in [0.1, 0.15) is 19.4 Å². The molecule has 84 valence electrons. The van der Waals surface area contributed by atoms with Crippen LogP contribution in [0.2, 0.25) is 0 Å². The van der Waals surface area contributed by atoms with Gasteiger partial charge in [-0.15, -0.1) is 0 Å². The number of benzene rings is 1. The number of rotatable bonds is 5. The molecule has 0 fully saturated rings. The molecular weight excluding hydrogens is 188 g/mol. The highest BCUT2D eigenvalue weighted by molar-refractivity contribution is 5.59. The van der Waals surface area contributed by atoms with Crippen molar-refractivity contribution in [2.75, 3.05) is 25.1 Å². The molecule has 0 amide bonds. The van der Waals surface area contributed by atoms with Crippen LogP contribution in [0.3, 0.4) is 0 Å². The van der Waals surface area contributed by atoms with Gasteiger partial charge in [0.05, 0.1) is 12.8 Å². The van der Waals surface area contributed by atoms with Gasteiger partial charge >= 0.3 is 0 Å². The van der Waals surface area contributed by atoms with Gasteiger partial charge in [0, 0.05) is 19.6 Å². The molecule has 2 N–H and O–H groups in total. The Morgan fingerprint density at radius 2 is 1.93 bits per heavy atom. The topological polar surface area (TPSA) is 38.5 Å². The van der Waals surface area contributed by atoms with E-state index in [1.165, 1.54) is 0 Å². The summed E-state index contributed by atoms with van der Waals surface area (Å²) in [4.78, 5) is 2.26. The highest BCUT2D eigenvalue weighted by Gasteiger charge is 2.08. The Morgan fingerprint density at radius 3 is 2.40 bits per heavy atom. The van der Waals surface area contributed by atoms with E-state index >= 15 is 0 Å². The third-order valence-electron chi connectivity index (χ3n) is 2.58. The molecule has 0 aliphatic rings. The SMILES string of the molecule is CCN(CC)c1ccc(CN)cc1OC. The summed E-state index contributed by atoms with van der Waals surface area (Å²) in [6, 6.07) is 6.14. The van der Waals surface area contributed by atoms with Crippen LogP contribution in [0.5, 0.6) is 5.75 Å². The average molecular weight is 208 g/mol. The van der Waals surface area contributed by atoms with Crippen LogP contribution in [-0.2, 0) is 6.54 Å². The summed E-state index contributed by atoms with van der Waals surface area (Å²) in [5, 5.41) is 0. The van der Waals surface area contributed by atoms with E-state index in [4.69, 9.17) is 10.5 Å². The molecule has 0 atom stereocenters. The van der Waals surface area contributed by atoms with Crippen molar-refractivity contribution in [3.63, 3.8) is 0 Å². The second-order valence-corrected chi connectivity index (χ2v) is 3.38. The quantitative estimate of drug-likeness (QED) is 0.804. The van der Waals surface area contributed by atoms with Crippen molar-refractivity contribution in [3.05, 3.63) is 23.8 Å². The Balaban J connectivity index is 3.06. The molecule has 15 heavy (non-hydrogen) atoms. The van der Waals surface area contributed by atoms with Crippen LogP contribution in [-0.4, -0.2) is 20.2 Å². The molecule has 0 unspecified atom stereocenters. The van der Waals surface area contributed by atoms with Crippen LogP contribution in [0.4, 0.5) is 5.69 Å². The number of anilines is 1. The molecule has 0 bridgehead atoms. The zero-order valence-corrected chi connectivity index (χ0v) is 9.79. The van der Waals surface area contributed by atoms with Gasteiger partial charge in [-0.1, -0.05) is 6.07 Å². The lowest BCUT2D eigenvalue weighted by molar-refractivity contribution is 0.414. The van der Waals surface area contributed by atoms with Gasteiger partial charge in [-0.3, -0.25) is 0 Å². The van der Waals surface area contributed by atoms with Gasteiger partial charge in [0.25, 0.3) is 0 Å². The second kappa shape index (κ2) is 5.61. The molecule has 1 rings (SSSR count). The minimum absolute atomic E-state index is 0.550. The summed E-state index contributed by atoms with van der Waals surface area (Å²) in [6.45, 7) is 6.79. The highest BCUT2D eigenvalue weighted by atomic mass is 16.5. The summed E-state index contributed by atoms with van der Waals surface area (Å²) < 4.78 is 5.38. The van der Waals surface area contributed by atoms with E-state index in [1.807, 2.05) is 6.07 Å². The first-order valence-corrected chi connectivity index (χ1v) is 5.38. The predicted octanol–water partition coefficient (Wildman–Crippen LogP) is 2.00. The van der Waals surface area contributed by atoms with Crippen LogP contribution in [0.15, 0.2) is 18.2 Å². The first kappa shape index (κ1) is 11.9. The Hall–Kier alpha value is -1.22. The van der Waals surface area contributed by atoms with Gasteiger partial charge in [0.1, 0.15) is 5.75 Å². The van der Waals surface area contributed by atoms with Crippen LogP contribution < -0.4 is 15.4 Å². The molecule has 0 saturated carbocycles. The highest BCUT2D eigenvalue weighted by Crippen LogP contribution is 2.28. The molecule has 0 saturated heterocycles. The maximum absolute atomic E-state index is 5.60. The Bertz CT molecular complexity index is 308. The molecule has 3 nitrogen and oxygen atoms in total. The third-order valence-corrected chi connectivity index (χ3v) is 2.58. The molecule has 0 heterocycles. The summed E-state index contributed by atoms with van der Waals surface area (Å²) in [5.74, 6) is 0.904. The Labute approximate surface area is 91.8 Å². The minimum Gasteiger partial charge on any atom is -0.495 e. The third kappa shape index (κ3) is 2.63. The lowest BCUT2D eigenvalue weighted by atomic mass is 10.1. The van der Waals surface area contributed by atoms with E-state index in [0.717, 1.165) is 30.1 Å². The van der Waals surface area contributed by atoms with Gasteiger partial charge in [0.15, 0.2) is 0 Å². The van der Waals surface area contributed by atoms with E-state index in [0.29, 0.717) is 6.54 Å².